The van der Waals surface area contributed by atoms with Gasteiger partial charge < -0.3 is 15.4 Å². The van der Waals surface area contributed by atoms with Crippen LogP contribution < -0.4 is 10.6 Å². The van der Waals surface area contributed by atoms with Gasteiger partial charge >= 0.3 is 5.97 Å². The maximum absolute atomic E-state index is 12.5. The van der Waals surface area contributed by atoms with Crippen LogP contribution in [-0.2, 0) is 24.1 Å². The van der Waals surface area contributed by atoms with Gasteiger partial charge in [-0.05, 0) is 77.1 Å². The Morgan fingerprint density at radius 3 is 2.90 bits per heavy atom. The Kier molecular flexibility index (Phi) is 7.04. The van der Waals surface area contributed by atoms with E-state index in [1.165, 1.54) is 18.4 Å². The second kappa shape index (κ2) is 9.93. The molecule has 0 unspecified atom stereocenters. The molecular formula is C22H23BrN4O2S2. The van der Waals surface area contributed by atoms with E-state index in [1.807, 2.05) is 35.1 Å². The molecule has 2 N–H and O–H groups in total. The molecule has 0 bridgehead atoms. The van der Waals surface area contributed by atoms with Crippen molar-refractivity contribution in [2.24, 2.45) is 0 Å². The standard InChI is InChI=1S/C22H23BrN4O2S2/c1-29-21(28)19-17-8-3-2-4-9-18(17)31-20(19)26-22(30)25-16-7-5-6-14(10-16)12-27-13-15(23)11-24-27/h5-7,10-11,13H,2-4,8-9,12H2,1H3,(H2,25,26,30). The van der Waals surface area contributed by atoms with Crippen molar-refractivity contribution in [3.05, 3.63) is 62.7 Å². The molecule has 2 aromatic heterocycles. The fraction of sp³-hybridized carbons (Fsp3) is 0.318. The molecule has 6 nitrogen and oxygen atoms in total. The van der Waals surface area contributed by atoms with Gasteiger partial charge in [0, 0.05) is 16.8 Å². The van der Waals surface area contributed by atoms with E-state index in [-0.39, 0.29) is 5.97 Å². The zero-order valence-corrected chi connectivity index (χ0v) is 20.3. The van der Waals surface area contributed by atoms with Crippen LogP contribution in [0.4, 0.5) is 10.7 Å². The minimum Gasteiger partial charge on any atom is -0.465 e. The summed E-state index contributed by atoms with van der Waals surface area (Å²) in [6.07, 6.45) is 9.03. The second-order valence-electron chi connectivity index (χ2n) is 7.40. The highest BCUT2D eigenvalue weighted by molar-refractivity contribution is 9.10. The van der Waals surface area contributed by atoms with Gasteiger partial charge in [0.05, 0.1) is 29.9 Å². The van der Waals surface area contributed by atoms with Gasteiger partial charge in [-0.3, -0.25) is 4.68 Å². The first-order valence-electron chi connectivity index (χ1n) is 10.1. The molecule has 0 atom stereocenters. The SMILES string of the molecule is COC(=O)c1c(NC(=S)Nc2cccc(Cn3cc(Br)cn3)c2)sc2c1CCCCC2. The van der Waals surface area contributed by atoms with Crippen LogP contribution >= 0.6 is 39.5 Å². The number of aromatic nitrogens is 2. The average molecular weight is 519 g/mol. The maximum atomic E-state index is 12.5. The molecule has 0 radical (unpaired) electrons. The first kappa shape index (κ1) is 22.0. The van der Waals surface area contributed by atoms with Crippen LogP contribution in [0.2, 0.25) is 0 Å². The Labute approximate surface area is 199 Å². The quantitative estimate of drug-likeness (QED) is 0.259. The largest absolute Gasteiger partial charge is 0.465 e. The van der Waals surface area contributed by atoms with E-state index in [4.69, 9.17) is 17.0 Å². The first-order chi connectivity index (χ1) is 15.0. The van der Waals surface area contributed by atoms with Crippen LogP contribution in [0, 0.1) is 0 Å². The second-order valence-corrected chi connectivity index (χ2v) is 9.82. The normalized spacial score (nSPS) is 13.2. The van der Waals surface area contributed by atoms with E-state index in [0.29, 0.717) is 17.2 Å². The number of thiophene rings is 1. The summed E-state index contributed by atoms with van der Waals surface area (Å²) in [5.41, 5.74) is 3.72. The minimum atomic E-state index is -0.308. The van der Waals surface area contributed by atoms with Crippen LogP contribution in [-0.4, -0.2) is 28.0 Å². The number of rotatable bonds is 5. The van der Waals surface area contributed by atoms with Crippen LogP contribution in [0.25, 0.3) is 0 Å². The molecule has 1 aliphatic rings. The van der Waals surface area contributed by atoms with Crippen molar-refractivity contribution in [3.8, 4) is 0 Å². The summed E-state index contributed by atoms with van der Waals surface area (Å²) in [5, 5.41) is 12.0. The van der Waals surface area contributed by atoms with Gasteiger partial charge in [0.1, 0.15) is 5.00 Å². The van der Waals surface area contributed by atoms with Crippen molar-refractivity contribution in [1.82, 2.24) is 9.78 Å². The lowest BCUT2D eigenvalue weighted by atomic mass is 10.1. The summed E-state index contributed by atoms with van der Waals surface area (Å²) in [6.45, 7) is 0.658. The number of ether oxygens (including phenoxy) is 1. The highest BCUT2D eigenvalue weighted by Gasteiger charge is 2.25. The van der Waals surface area contributed by atoms with Crippen LogP contribution in [0.5, 0.6) is 0 Å². The lowest BCUT2D eigenvalue weighted by Gasteiger charge is -2.12. The Bertz CT molecular complexity index is 1110. The molecule has 0 amide bonds. The zero-order chi connectivity index (χ0) is 21.8. The Hall–Kier alpha value is -2.23. The van der Waals surface area contributed by atoms with Crippen molar-refractivity contribution < 1.29 is 9.53 Å². The molecule has 1 aliphatic carbocycles. The number of aryl methyl sites for hydroxylation is 1. The summed E-state index contributed by atoms with van der Waals surface area (Å²) in [7, 11) is 1.42. The van der Waals surface area contributed by atoms with E-state index >= 15 is 0 Å². The number of nitrogens with one attached hydrogen (secondary N) is 2. The molecule has 0 saturated heterocycles. The molecule has 1 aromatic carbocycles. The van der Waals surface area contributed by atoms with Crippen molar-refractivity contribution in [1.29, 1.82) is 0 Å². The molecule has 3 aromatic rings. The van der Waals surface area contributed by atoms with Gasteiger partial charge in [-0.1, -0.05) is 18.6 Å². The van der Waals surface area contributed by atoms with E-state index < -0.39 is 0 Å². The number of benzene rings is 1. The molecule has 0 saturated carbocycles. The Balaban J connectivity index is 1.49. The summed E-state index contributed by atoms with van der Waals surface area (Å²) >= 11 is 10.6. The van der Waals surface area contributed by atoms with Gasteiger partial charge in [0.2, 0.25) is 0 Å². The zero-order valence-electron chi connectivity index (χ0n) is 17.1. The third-order valence-electron chi connectivity index (χ3n) is 5.17. The third-order valence-corrected chi connectivity index (χ3v) is 6.99. The number of halogens is 1. The number of nitrogens with zero attached hydrogens (tertiary/aromatic N) is 2. The van der Waals surface area contributed by atoms with E-state index in [0.717, 1.165) is 52.0 Å². The van der Waals surface area contributed by atoms with Gasteiger partial charge in [-0.15, -0.1) is 11.3 Å². The first-order valence-corrected chi connectivity index (χ1v) is 12.1. The fourth-order valence-electron chi connectivity index (χ4n) is 3.77. The number of thiocarbonyl (C=S) groups is 1. The number of hydrogen-bond donors (Lipinski definition) is 2. The van der Waals surface area contributed by atoms with Crippen molar-refractivity contribution in [2.45, 2.75) is 38.6 Å². The monoisotopic (exact) mass is 518 g/mol. The van der Waals surface area contributed by atoms with E-state index in [1.54, 1.807) is 17.5 Å². The number of carbonyl (C=O) groups excluding carboxylic acids is 1. The molecule has 4 rings (SSSR count). The van der Waals surface area contributed by atoms with Crippen molar-refractivity contribution >= 4 is 61.3 Å². The molecule has 31 heavy (non-hydrogen) atoms. The van der Waals surface area contributed by atoms with Gasteiger partial charge in [0.15, 0.2) is 5.11 Å². The lowest BCUT2D eigenvalue weighted by molar-refractivity contribution is 0.0601. The fourth-order valence-corrected chi connectivity index (χ4v) is 5.67. The van der Waals surface area contributed by atoms with Crippen molar-refractivity contribution in [2.75, 3.05) is 17.7 Å². The molecule has 9 heteroatoms. The number of methoxy groups -OCH3 is 1. The number of esters is 1. The summed E-state index contributed by atoms with van der Waals surface area (Å²) in [5.74, 6) is -0.308. The summed E-state index contributed by atoms with van der Waals surface area (Å²) in [4.78, 5) is 13.8. The summed E-state index contributed by atoms with van der Waals surface area (Å²) < 4.78 is 7.88. The number of fused-ring (bicyclic) bond motifs is 1. The smallest absolute Gasteiger partial charge is 0.341 e. The van der Waals surface area contributed by atoms with Gasteiger partial charge in [0.25, 0.3) is 0 Å². The van der Waals surface area contributed by atoms with Gasteiger partial charge in [-0.25, -0.2) is 4.79 Å². The predicted molar refractivity (Wildman–Crippen MR) is 132 cm³/mol. The Morgan fingerprint density at radius 1 is 1.29 bits per heavy atom. The predicted octanol–water partition coefficient (Wildman–Crippen LogP) is 5.62. The lowest BCUT2D eigenvalue weighted by Crippen LogP contribution is -2.20. The highest BCUT2D eigenvalue weighted by atomic mass is 79.9. The average Bonchev–Trinajstić information content (AvgIpc) is 3.22. The molecular weight excluding hydrogens is 496 g/mol. The van der Waals surface area contributed by atoms with E-state index in [9.17, 15) is 4.79 Å². The maximum Gasteiger partial charge on any atom is 0.341 e. The number of carbonyl (C=O) groups is 1. The molecule has 2 heterocycles. The van der Waals surface area contributed by atoms with Crippen LogP contribution in [0.3, 0.4) is 0 Å². The van der Waals surface area contributed by atoms with Gasteiger partial charge in [-0.2, -0.15) is 5.10 Å². The van der Waals surface area contributed by atoms with Crippen LogP contribution in [0.1, 0.15) is 45.6 Å². The highest BCUT2D eigenvalue weighted by Crippen LogP contribution is 2.38. The number of anilines is 2. The van der Waals surface area contributed by atoms with Crippen molar-refractivity contribution in [3.63, 3.8) is 0 Å². The van der Waals surface area contributed by atoms with E-state index in [2.05, 4.69) is 31.7 Å². The third kappa shape index (κ3) is 5.34. The van der Waals surface area contributed by atoms with Crippen LogP contribution in [0.15, 0.2) is 41.1 Å². The molecule has 0 aliphatic heterocycles. The molecule has 0 spiro atoms. The minimum absolute atomic E-state index is 0.308. The molecule has 0 fully saturated rings. The number of hydrogen-bond acceptors (Lipinski definition) is 5. The summed E-state index contributed by atoms with van der Waals surface area (Å²) in [6, 6.07) is 8.02. The Morgan fingerprint density at radius 2 is 2.13 bits per heavy atom. The topological polar surface area (TPSA) is 68.2 Å². The molecule has 162 valence electrons.